The smallest absolute Gasteiger partial charge is 0.122 e. The molecule has 1 heteroatoms. The van der Waals surface area contributed by atoms with E-state index in [1.165, 1.54) is 5.56 Å². The molecular weight excluding hydrogens is 196 g/mol. The molecule has 0 saturated heterocycles. The average Bonchev–Trinajstić information content (AvgIpc) is 2.19. The Morgan fingerprint density at radius 3 is 2.38 bits per heavy atom. The van der Waals surface area contributed by atoms with E-state index in [1.54, 1.807) is 0 Å². The Bertz CT molecular complexity index is 383. The fourth-order valence-electron chi connectivity index (χ4n) is 1.89. The Balaban J connectivity index is 3.35. The van der Waals surface area contributed by atoms with E-state index in [1.807, 2.05) is 6.08 Å². The summed E-state index contributed by atoms with van der Waals surface area (Å²) in [6, 6.07) is 4.17. The van der Waals surface area contributed by atoms with Crippen LogP contribution in [0.15, 0.2) is 24.8 Å². The lowest BCUT2D eigenvalue weighted by Crippen LogP contribution is -2.12. The molecule has 1 aromatic carbocycles. The van der Waals surface area contributed by atoms with Gasteiger partial charge in [0.25, 0.3) is 0 Å². The van der Waals surface area contributed by atoms with Crippen LogP contribution in [0.5, 0.6) is 5.75 Å². The summed E-state index contributed by atoms with van der Waals surface area (Å²) in [6.45, 7) is 12.2. The topological polar surface area (TPSA) is 20.2 Å². The van der Waals surface area contributed by atoms with Crippen molar-refractivity contribution in [1.82, 2.24) is 0 Å². The molecule has 0 fully saturated rings. The highest BCUT2D eigenvalue weighted by Crippen LogP contribution is 2.34. The Kier molecular flexibility index (Phi) is 3.79. The van der Waals surface area contributed by atoms with Crippen LogP contribution in [-0.2, 0) is 18.3 Å². The van der Waals surface area contributed by atoms with Gasteiger partial charge in [-0.25, -0.2) is 0 Å². The molecule has 0 aromatic heterocycles. The highest BCUT2D eigenvalue weighted by molar-refractivity contribution is 5.47. The maximum absolute atomic E-state index is 10.2. The molecule has 1 rings (SSSR count). The molecule has 0 spiro atoms. The van der Waals surface area contributed by atoms with Gasteiger partial charge in [-0.05, 0) is 34.9 Å². The summed E-state index contributed by atoms with van der Waals surface area (Å²) in [5.74, 6) is 0.461. The van der Waals surface area contributed by atoms with E-state index in [4.69, 9.17) is 0 Å². The minimum absolute atomic E-state index is 0.0226. The molecule has 0 amide bonds. The normalized spacial score (nSPS) is 11.5. The van der Waals surface area contributed by atoms with E-state index in [2.05, 4.69) is 46.4 Å². The van der Waals surface area contributed by atoms with Gasteiger partial charge in [-0.15, -0.1) is 6.58 Å². The van der Waals surface area contributed by atoms with Crippen molar-refractivity contribution in [3.63, 3.8) is 0 Å². The first-order valence-electron chi connectivity index (χ1n) is 5.86. The summed E-state index contributed by atoms with van der Waals surface area (Å²) < 4.78 is 0. The molecule has 1 aromatic rings. The van der Waals surface area contributed by atoms with Gasteiger partial charge in [0.15, 0.2) is 0 Å². The summed E-state index contributed by atoms with van der Waals surface area (Å²) in [6.07, 6.45) is 3.62. The van der Waals surface area contributed by atoms with E-state index in [0.29, 0.717) is 5.75 Å². The fourth-order valence-corrected chi connectivity index (χ4v) is 1.89. The average molecular weight is 218 g/mol. The van der Waals surface area contributed by atoms with Crippen molar-refractivity contribution in [2.24, 2.45) is 0 Å². The van der Waals surface area contributed by atoms with Crippen LogP contribution < -0.4 is 0 Å². The first-order chi connectivity index (χ1) is 7.40. The number of phenolic OH excluding ortho intramolecular Hbond substituents is 1. The van der Waals surface area contributed by atoms with Crippen LogP contribution in [0, 0.1) is 0 Å². The van der Waals surface area contributed by atoms with Crippen LogP contribution >= 0.6 is 0 Å². The third kappa shape index (κ3) is 2.66. The van der Waals surface area contributed by atoms with Crippen molar-refractivity contribution in [2.45, 2.75) is 46.0 Å². The second-order valence-corrected chi connectivity index (χ2v) is 5.25. The minimum Gasteiger partial charge on any atom is -0.507 e. The lowest BCUT2D eigenvalue weighted by atomic mass is 9.83. The predicted molar refractivity (Wildman–Crippen MR) is 70.1 cm³/mol. The number of allylic oxidation sites excluding steroid dienone is 1. The van der Waals surface area contributed by atoms with Gasteiger partial charge in [-0.2, -0.15) is 0 Å². The SMILES string of the molecule is C=CCc1cc(CC)c(O)c(C(C)(C)C)c1. The van der Waals surface area contributed by atoms with Gasteiger partial charge < -0.3 is 5.11 Å². The standard InChI is InChI=1S/C15H22O/c1-6-8-11-9-12(7-2)14(16)13(10-11)15(3,4)5/h6,9-10,16H,1,7-8H2,2-5H3. The van der Waals surface area contributed by atoms with Crippen molar-refractivity contribution >= 4 is 0 Å². The number of rotatable bonds is 3. The molecule has 0 saturated carbocycles. The Morgan fingerprint density at radius 1 is 1.31 bits per heavy atom. The highest BCUT2D eigenvalue weighted by Gasteiger charge is 2.20. The fraction of sp³-hybridized carbons (Fsp3) is 0.467. The van der Waals surface area contributed by atoms with Gasteiger partial charge in [-0.3, -0.25) is 0 Å². The third-order valence-corrected chi connectivity index (χ3v) is 2.82. The van der Waals surface area contributed by atoms with Gasteiger partial charge in [-0.1, -0.05) is 45.9 Å². The molecule has 0 atom stereocenters. The zero-order valence-corrected chi connectivity index (χ0v) is 10.8. The Morgan fingerprint density at radius 2 is 1.94 bits per heavy atom. The largest absolute Gasteiger partial charge is 0.507 e. The minimum atomic E-state index is -0.0226. The monoisotopic (exact) mass is 218 g/mol. The Hall–Kier alpha value is -1.24. The van der Waals surface area contributed by atoms with Crippen molar-refractivity contribution in [3.05, 3.63) is 41.5 Å². The molecule has 0 heterocycles. The zero-order chi connectivity index (χ0) is 12.3. The van der Waals surface area contributed by atoms with Gasteiger partial charge in [0.1, 0.15) is 5.75 Å². The van der Waals surface area contributed by atoms with E-state index >= 15 is 0 Å². The van der Waals surface area contributed by atoms with Gasteiger partial charge in [0, 0.05) is 0 Å². The summed E-state index contributed by atoms with van der Waals surface area (Å²) in [5.41, 5.74) is 3.27. The lowest BCUT2D eigenvalue weighted by molar-refractivity contribution is 0.440. The predicted octanol–water partition coefficient (Wildman–Crippen LogP) is 3.98. The van der Waals surface area contributed by atoms with Crippen molar-refractivity contribution in [1.29, 1.82) is 0 Å². The third-order valence-electron chi connectivity index (χ3n) is 2.82. The molecule has 0 aliphatic carbocycles. The molecule has 0 unspecified atom stereocenters. The molecular formula is C15H22O. The van der Waals surface area contributed by atoms with E-state index in [9.17, 15) is 5.11 Å². The van der Waals surface area contributed by atoms with E-state index in [-0.39, 0.29) is 5.41 Å². The maximum Gasteiger partial charge on any atom is 0.122 e. The van der Waals surface area contributed by atoms with E-state index in [0.717, 1.165) is 24.0 Å². The van der Waals surface area contributed by atoms with Crippen LogP contribution in [0.4, 0.5) is 0 Å². The van der Waals surface area contributed by atoms with Crippen molar-refractivity contribution in [2.75, 3.05) is 0 Å². The highest BCUT2D eigenvalue weighted by atomic mass is 16.3. The summed E-state index contributed by atoms with van der Waals surface area (Å²) >= 11 is 0. The van der Waals surface area contributed by atoms with Gasteiger partial charge in [0.2, 0.25) is 0 Å². The second-order valence-electron chi connectivity index (χ2n) is 5.25. The molecule has 0 radical (unpaired) electrons. The van der Waals surface area contributed by atoms with Crippen LogP contribution in [0.2, 0.25) is 0 Å². The number of aromatic hydroxyl groups is 1. The number of hydrogen-bond donors (Lipinski definition) is 1. The van der Waals surface area contributed by atoms with Crippen molar-refractivity contribution < 1.29 is 5.11 Å². The molecule has 0 bridgehead atoms. The quantitative estimate of drug-likeness (QED) is 0.761. The van der Waals surface area contributed by atoms with Crippen LogP contribution in [0.1, 0.15) is 44.4 Å². The molecule has 0 aliphatic heterocycles. The van der Waals surface area contributed by atoms with Crippen molar-refractivity contribution in [3.8, 4) is 5.75 Å². The number of aryl methyl sites for hydroxylation is 1. The number of hydrogen-bond acceptors (Lipinski definition) is 1. The molecule has 1 N–H and O–H groups in total. The second kappa shape index (κ2) is 4.73. The summed E-state index contributed by atoms with van der Waals surface area (Å²) in [5, 5.41) is 10.2. The van der Waals surface area contributed by atoms with Gasteiger partial charge >= 0.3 is 0 Å². The summed E-state index contributed by atoms with van der Waals surface area (Å²) in [7, 11) is 0. The first-order valence-corrected chi connectivity index (χ1v) is 5.86. The number of phenols is 1. The Labute approximate surface area is 98.8 Å². The lowest BCUT2D eigenvalue weighted by Gasteiger charge is -2.23. The zero-order valence-electron chi connectivity index (χ0n) is 10.8. The van der Waals surface area contributed by atoms with Crippen LogP contribution in [0.3, 0.4) is 0 Å². The molecule has 16 heavy (non-hydrogen) atoms. The number of benzene rings is 1. The molecule has 0 aliphatic rings. The molecule has 1 nitrogen and oxygen atoms in total. The van der Waals surface area contributed by atoms with Crippen LogP contribution in [0.25, 0.3) is 0 Å². The van der Waals surface area contributed by atoms with Gasteiger partial charge in [0.05, 0.1) is 0 Å². The molecule has 88 valence electrons. The summed E-state index contributed by atoms with van der Waals surface area (Å²) in [4.78, 5) is 0. The maximum atomic E-state index is 10.2. The van der Waals surface area contributed by atoms with E-state index < -0.39 is 0 Å². The first kappa shape index (κ1) is 12.8. The van der Waals surface area contributed by atoms with Crippen LogP contribution in [-0.4, -0.2) is 5.11 Å².